The van der Waals surface area contributed by atoms with Gasteiger partial charge >= 0.3 is 0 Å². The van der Waals surface area contributed by atoms with Crippen molar-refractivity contribution in [1.82, 2.24) is 0 Å². The quantitative estimate of drug-likeness (QED) is 0.431. The van der Waals surface area contributed by atoms with Crippen LogP contribution in [-0.2, 0) is 4.79 Å². The van der Waals surface area contributed by atoms with Crippen LogP contribution in [0.1, 0.15) is 24.0 Å². The molecule has 1 atom stereocenters. The molecule has 0 saturated carbocycles. The third-order valence-electron chi connectivity index (χ3n) is 2.20. The Balaban J connectivity index is 3.27. The summed E-state index contributed by atoms with van der Waals surface area (Å²) >= 11 is 0. The number of nitro groups is 1. The van der Waals surface area contributed by atoms with Gasteiger partial charge in [-0.3, -0.25) is 10.1 Å². The van der Waals surface area contributed by atoms with Gasteiger partial charge in [0, 0.05) is 12.0 Å². The van der Waals surface area contributed by atoms with Crippen LogP contribution in [0.4, 0.5) is 5.69 Å². The van der Waals surface area contributed by atoms with E-state index in [9.17, 15) is 14.9 Å². The molecular weight excluding hydrogens is 194 g/mol. The van der Waals surface area contributed by atoms with Gasteiger partial charge in [0.2, 0.25) is 0 Å². The molecule has 0 aliphatic heterocycles. The summed E-state index contributed by atoms with van der Waals surface area (Å²) in [5.41, 5.74) is 1.08. The minimum absolute atomic E-state index is 0.0174. The molecule has 4 heteroatoms. The zero-order valence-corrected chi connectivity index (χ0v) is 8.34. The Kier molecular flexibility index (Phi) is 3.33. The van der Waals surface area contributed by atoms with Gasteiger partial charge < -0.3 is 4.79 Å². The van der Waals surface area contributed by atoms with Crippen molar-refractivity contribution in [3.8, 4) is 0 Å². The van der Waals surface area contributed by atoms with E-state index in [1.807, 2.05) is 0 Å². The van der Waals surface area contributed by atoms with Gasteiger partial charge in [-0.2, -0.15) is 0 Å². The number of nitro benzene ring substituents is 1. The van der Waals surface area contributed by atoms with Crippen molar-refractivity contribution in [3.05, 3.63) is 46.0 Å². The minimum atomic E-state index is -0.474. The highest BCUT2D eigenvalue weighted by atomic mass is 16.6. The molecule has 0 aromatic heterocycles. The number of carbonyl (C=O) groups is 1. The fourth-order valence-electron chi connectivity index (χ4n) is 1.25. The molecule has 1 aromatic carbocycles. The first-order valence-corrected chi connectivity index (χ1v) is 4.46. The van der Waals surface area contributed by atoms with Crippen molar-refractivity contribution in [3.63, 3.8) is 0 Å². The van der Waals surface area contributed by atoms with E-state index in [2.05, 4.69) is 6.58 Å². The molecule has 0 bridgehead atoms. The van der Waals surface area contributed by atoms with Crippen molar-refractivity contribution in [2.45, 2.75) is 12.8 Å². The lowest BCUT2D eigenvalue weighted by atomic mass is 10.00. The number of benzene rings is 1. The molecule has 1 rings (SSSR count). The van der Waals surface area contributed by atoms with Gasteiger partial charge in [0.1, 0.15) is 6.29 Å². The molecule has 0 spiro atoms. The molecule has 0 N–H and O–H groups in total. The lowest BCUT2D eigenvalue weighted by Crippen LogP contribution is -1.98. The van der Waals surface area contributed by atoms with Gasteiger partial charge in [0.15, 0.2) is 0 Å². The molecule has 0 amide bonds. The number of carbonyl (C=O) groups excluding carboxylic acids is 1. The average molecular weight is 205 g/mol. The van der Waals surface area contributed by atoms with Crippen LogP contribution >= 0.6 is 0 Å². The second kappa shape index (κ2) is 4.50. The van der Waals surface area contributed by atoms with Crippen LogP contribution in [-0.4, -0.2) is 11.2 Å². The lowest BCUT2D eigenvalue weighted by Gasteiger charge is -2.05. The largest absolute Gasteiger partial charge is 0.303 e. The Morgan fingerprint density at radius 3 is 2.67 bits per heavy atom. The maximum Gasteiger partial charge on any atom is 0.276 e. The molecular formula is C11H11NO3. The van der Waals surface area contributed by atoms with E-state index in [1.54, 1.807) is 19.1 Å². The number of hydrogen-bond acceptors (Lipinski definition) is 3. The van der Waals surface area contributed by atoms with Gasteiger partial charge in [-0.05, 0) is 11.6 Å². The Morgan fingerprint density at radius 1 is 1.53 bits per heavy atom. The highest BCUT2D eigenvalue weighted by Crippen LogP contribution is 2.24. The summed E-state index contributed by atoms with van der Waals surface area (Å²) < 4.78 is 0. The Labute approximate surface area is 87.4 Å². The van der Waals surface area contributed by atoms with Crippen molar-refractivity contribution < 1.29 is 9.72 Å². The highest BCUT2D eigenvalue weighted by molar-refractivity contribution is 5.66. The molecule has 0 radical (unpaired) electrons. The van der Waals surface area contributed by atoms with Crippen molar-refractivity contribution in [2.75, 3.05) is 0 Å². The standard InChI is InChI=1S/C11H11NO3/c1-3-9-4-5-10(8(2)7-13)6-11(9)12(14)15/h3-8H,1H2,2H3. The lowest BCUT2D eigenvalue weighted by molar-refractivity contribution is -0.385. The molecule has 0 aliphatic rings. The van der Waals surface area contributed by atoms with Crippen LogP contribution in [0.25, 0.3) is 6.08 Å². The van der Waals surface area contributed by atoms with Gasteiger partial charge in [-0.15, -0.1) is 0 Å². The normalized spacial score (nSPS) is 11.8. The first-order chi connectivity index (χ1) is 7.10. The van der Waals surface area contributed by atoms with E-state index in [-0.39, 0.29) is 11.6 Å². The van der Waals surface area contributed by atoms with Crippen molar-refractivity contribution >= 4 is 18.0 Å². The first-order valence-electron chi connectivity index (χ1n) is 4.46. The minimum Gasteiger partial charge on any atom is -0.303 e. The van der Waals surface area contributed by atoms with Crippen LogP contribution in [0.2, 0.25) is 0 Å². The van der Waals surface area contributed by atoms with Crippen molar-refractivity contribution in [2.24, 2.45) is 0 Å². The van der Waals surface area contributed by atoms with Crippen LogP contribution in [0, 0.1) is 10.1 Å². The topological polar surface area (TPSA) is 60.2 Å². The maximum atomic E-state index is 10.7. The van der Waals surface area contributed by atoms with Gasteiger partial charge in [-0.1, -0.05) is 25.6 Å². The van der Waals surface area contributed by atoms with Crippen LogP contribution in [0.15, 0.2) is 24.8 Å². The summed E-state index contributed by atoms with van der Waals surface area (Å²) in [6.45, 7) is 5.19. The summed E-state index contributed by atoms with van der Waals surface area (Å²) in [6, 6.07) is 4.71. The number of hydrogen-bond donors (Lipinski definition) is 0. The predicted octanol–water partition coefficient (Wildman–Crippen LogP) is 2.54. The molecule has 0 fully saturated rings. The van der Waals surface area contributed by atoms with E-state index in [1.165, 1.54) is 12.1 Å². The monoisotopic (exact) mass is 205 g/mol. The Bertz CT molecular complexity index is 412. The van der Waals surface area contributed by atoms with E-state index >= 15 is 0 Å². The van der Waals surface area contributed by atoms with Crippen LogP contribution < -0.4 is 0 Å². The molecule has 78 valence electrons. The van der Waals surface area contributed by atoms with E-state index in [0.29, 0.717) is 11.1 Å². The molecule has 0 heterocycles. The summed E-state index contributed by atoms with van der Waals surface area (Å²) in [7, 11) is 0. The predicted molar refractivity (Wildman–Crippen MR) is 57.7 cm³/mol. The fraction of sp³-hybridized carbons (Fsp3) is 0.182. The molecule has 0 aliphatic carbocycles. The van der Waals surface area contributed by atoms with E-state index in [4.69, 9.17) is 0 Å². The summed E-state index contributed by atoms with van der Waals surface area (Å²) in [5, 5.41) is 10.7. The second-order valence-corrected chi connectivity index (χ2v) is 3.20. The van der Waals surface area contributed by atoms with E-state index < -0.39 is 4.92 Å². The number of aldehydes is 1. The zero-order chi connectivity index (χ0) is 11.4. The van der Waals surface area contributed by atoms with Gasteiger partial charge in [-0.25, -0.2) is 0 Å². The molecule has 0 saturated heterocycles. The molecule has 4 nitrogen and oxygen atoms in total. The fourth-order valence-corrected chi connectivity index (χ4v) is 1.25. The molecule has 15 heavy (non-hydrogen) atoms. The summed E-state index contributed by atoms with van der Waals surface area (Å²) in [6.07, 6.45) is 2.18. The Morgan fingerprint density at radius 2 is 2.20 bits per heavy atom. The highest BCUT2D eigenvalue weighted by Gasteiger charge is 2.14. The second-order valence-electron chi connectivity index (χ2n) is 3.20. The summed E-state index contributed by atoms with van der Waals surface area (Å²) in [5.74, 6) is -0.331. The van der Waals surface area contributed by atoms with Gasteiger partial charge in [0.05, 0.1) is 10.5 Å². The Hall–Kier alpha value is -1.97. The molecule has 1 aromatic rings. The number of rotatable bonds is 4. The van der Waals surface area contributed by atoms with Crippen molar-refractivity contribution in [1.29, 1.82) is 0 Å². The third-order valence-corrected chi connectivity index (χ3v) is 2.20. The van der Waals surface area contributed by atoms with Crippen LogP contribution in [0.5, 0.6) is 0 Å². The zero-order valence-electron chi connectivity index (χ0n) is 8.34. The van der Waals surface area contributed by atoms with E-state index in [0.717, 1.165) is 6.29 Å². The molecule has 1 unspecified atom stereocenters. The first kappa shape index (κ1) is 11.1. The number of nitrogens with zero attached hydrogens (tertiary/aromatic N) is 1. The maximum absolute atomic E-state index is 10.7. The smallest absolute Gasteiger partial charge is 0.276 e. The average Bonchev–Trinajstić information content (AvgIpc) is 2.27. The van der Waals surface area contributed by atoms with Crippen LogP contribution in [0.3, 0.4) is 0 Å². The van der Waals surface area contributed by atoms with Gasteiger partial charge in [0.25, 0.3) is 5.69 Å². The SMILES string of the molecule is C=Cc1ccc(C(C)C=O)cc1[N+](=O)[O-]. The summed E-state index contributed by atoms with van der Waals surface area (Å²) in [4.78, 5) is 20.8. The third kappa shape index (κ3) is 2.28.